The van der Waals surface area contributed by atoms with Crippen molar-refractivity contribution in [2.75, 3.05) is 13.2 Å². The third-order valence-electron chi connectivity index (χ3n) is 12.4. The number of rotatable bonds is 51. The van der Waals surface area contributed by atoms with E-state index in [2.05, 4.69) is 45.1 Å². The van der Waals surface area contributed by atoms with Crippen molar-refractivity contribution in [3.05, 3.63) is 24.3 Å². The number of allylic oxidation sites excluding steroid dienone is 4. The minimum atomic E-state index is -0.770. The van der Waals surface area contributed by atoms with Gasteiger partial charge in [0, 0.05) is 19.3 Å². The van der Waals surface area contributed by atoms with E-state index >= 15 is 0 Å². The first kappa shape index (κ1) is 60.9. The first-order valence-corrected chi connectivity index (χ1v) is 27.8. The molecule has 0 saturated carbocycles. The Morgan fingerprint density at radius 3 is 0.810 bits per heavy atom. The molecule has 0 N–H and O–H groups in total. The van der Waals surface area contributed by atoms with Crippen LogP contribution in [0, 0.1) is 0 Å². The Balaban J connectivity index is 4.18. The van der Waals surface area contributed by atoms with E-state index in [4.69, 9.17) is 14.2 Å². The van der Waals surface area contributed by atoms with Crippen LogP contribution in [0.3, 0.4) is 0 Å². The Labute approximate surface area is 392 Å². The van der Waals surface area contributed by atoms with Gasteiger partial charge in [0.2, 0.25) is 0 Å². The number of esters is 3. The molecule has 0 aliphatic rings. The zero-order chi connectivity index (χ0) is 45.8. The predicted octanol–water partition coefficient (Wildman–Crippen LogP) is 18.3. The molecule has 0 bridgehead atoms. The molecule has 6 nitrogen and oxygen atoms in total. The second-order valence-corrected chi connectivity index (χ2v) is 18.8. The first-order chi connectivity index (χ1) is 31.0. The Morgan fingerprint density at radius 1 is 0.302 bits per heavy atom. The topological polar surface area (TPSA) is 78.9 Å². The second-order valence-electron chi connectivity index (χ2n) is 18.8. The maximum absolute atomic E-state index is 12.8. The van der Waals surface area contributed by atoms with Crippen molar-refractivity contribution in [1.29, 1.82) is 0 Å². The van der Waals surface area contributed by atoms with Crippen molar-refractivity contribution in [1.82, 2.24) is 0 Å². The van der Waals surface area contributed by atoms with Gasteiger partial charge in [-0.2, -0.15) is 0 Å². The first-order valence-electron chi connectivity index (χ1n) is 27.8. The summed E-state index contributed by atoms with van der Waals surface area (Å²) in [6.45, 7) is 6.63. The lowest BCUT2D eigenvalue weighted by Crippen LogP contribution is -2.30. The number of ether oxygens (including phenoxy) is 3. The molecule has 0 aromatic carbocycles. The highest BCUT2D eigenvalue weighted by Crippen LogP contribution is 2.16. The van der Waals surface area contributed by atoms with Gasteiger partial charge < -0.3 is 14.2 Å². The zero-order valence-corrected chi connectivity index (χ0v) is 42.4. The Morgan fingerprint density at radius 2 is 0.524 bits per heavy atom. The highest BCUT2D eigenvalue weighted by Gasteiger charge is 2.19. The maximum atomic E-state index is 12.8. The molecule has 0 aromatic rings. The highest BCUT2D eigenvalue weighted by atomic mass is 16.6. The van der Waals surface area contributed by atoms with Gasteiger partial charge in [-0.25, -0.2) is 0 Å². The van der Waals surface area contributed by atoms with Crippen LogP contribution in [-0.4, -0.2) is 37.2 Å². The Bertz CT molecular complexity index is 1020. The second kappa shape index (κ2) is 52.5. The number of hydrogen-bond donors (Lipinski definition) is 0. The number of carbonyl (C=O) groups excluding carboxylic acids is 3. The quantitative estimate of drug-likeness (QED) is 0.0262. The molecule has 0 radical (unpaired) electrons. The molecule has 370 valence electrons. The average Bonchev–Trinajstić information content (AvgIpc) is 3.28. The molecule has 0 aliphatic heterocycles. The van der Waals surface area contributed by atoms with Crippen LogP contribution in [0.25, 0.3) is 0 Å². The summed E-state index contributed by atoms with van der Waals surface area (Å²) < 4.78 is 16.8. The van der Waals surface area contributed by atoms with Crippen LogP contribution in [0.15, 0.2) is 24.3 Å². The van der Waals surface area contributed by atoms with E-state index in [1.54, 1.807) is 0 Å². The summed E-state index contributed by atoms with van der Waals surface area (Å²) in [6, 6.07) is 0. The fraction of sp³-hybridized carbons (Fsp3) is 0.877. The summed E-state index contributed by atoms with van der Waals surface area (Å²) in [6.07, 6.45) is 60.4. The lowest BCUT2D eigenvalue weighted by atomic mass is 10.0. The molecule has 0 spiro atoms. The SMILES string of the molecule is CCCCCC/C=C\CCCCCCCC(=O)OC(COC(=O)CCCCCCCCCCC)COC(=O)CCCCCCCCCCCCC/C=C\CCCCCCCCCC. The molecule has 1 atom stereocenters. The number of carbonyl (C=O) groups is 3. The molecule has 0 aliphatic carbocycles. The van der Waals surface area contributed by atoms with Gasteiger partial charge in [0.15, 0.2) is 6.10 Å². The third-order valence-corrected chi connectivity index (χ3v) is 12.4. The van der Waals surface area contributed by atoms with Crippen molar-refractivity contribution in [2.45, 2.75) is 309 Å². The van der Waals surface area contributed by atoms with E-state index in [0.717, 1.165) is 64.2 Å². The molecule has 0 amide bonds. The fourth-order valence-electron chi connectivity index (χ4n) is 8.20. The molecule has 63 heavy (non-hydrogen) atoms. The molecule has 6 heteroatoms. The fourth-order valence-corrected chi connectivity index (χ4v) is 8.20. The number of hydrogen-bond acceptors (Lipinski definition) is 6. The smallest absolute Gasteiger partial charge is 0.306 e. The lowest BCUT2D eigenvalue weighted by molar-refractivity contribution is -0.167. The molecule has 0 aromatic heterocycles. The minimum Gasteiger partial charge on any atom is -0.462 e. The van der Waals surface area contributed by atoms with Gasteiger partial charge in [0.05, 0.1) is 0 Å². The minimum absolute atomic E-state index is 0.0712. The maximum Gasteiger partial charge on any atom is 0.306 e. The van der Waals surface area contributed by atoms with E-state index in [9.17, 15) is 14.4 Å². The van der Waals surface area contributed by atoms with Crippen LogP contribution in [0.5, 0.6) is 0 Å². The number of unbranched alkanes of at least 4 members (excludes halogenated alkanes) is 36. The molecule has 0 saturated heterocycles. The molecule has 0 rings (SSSR count). The van der Waals surface area contributed by atoms with Gasteiger partial charge in [-0.15, -0.1) is 0 Å². The Hall–Kier alpha value is -2.11. The van der Waals surface area contributed by atoms with Crippen molar-refractivity contribution >= 4 is 17.9 Å². The zero-order valence-electron chi connectivity index (χ0n) is 42.4. The van der Waals surface area contributed by atoms with Gasteiger partial charge in [-0.1, -0.05) is 238 Å². The molecule has 1 unspecified atom stereocenters. The largest absolute Gasteiger partial charge is 0.462 e. The van der Waals surface area contributed by atoms with Crippen molar-refractivity contribution in [3.63, 3.8) is 0 Å². The standard InChI is InChI=1S/C57H106O6/c1-4-7-10-13-16-19-21-23-24-25-26-27-28-29-30-31-32-34-35-38-41-44-47-50-56(59)62-53-54(52-61-55(58)49-46-43-40-37-18-15-12-9-6-3)63-57(60)51-48-45-42-39-36-33-22-20-17-14-11-8-5-2/h20,22,25-26,54H,4-19,21,23-24,27-53H2,1-3H3/b22-20-,26-25-. The van der Waals surface area contributed by atoms with Crippen molar-refractivity contribution < 1.29 is 28.6 Å². The summed E-state index contributed by atoms with van der Waals surface area (Å²) in [5.41, 5.74) is 0. The van der Waals surface area contributed by atoms with Crippen LogP contribution in [0.2, 0.25) is 0 Å². The van der Waals surface area contributed by atoms with Gasteiger partial charge >= 0.3 is 17.9 Å². The van der Waals surface area contributed by atoms with Crippen LogP contribution in [-0.2, 0) is 28.6 Å². The summed E-state index contributed by atoms with van der Waals surface area (Å²) in [5.74, 6) is -0.869. The molecule has 0 fully saturated rings. The Kier molecular flexibility index (Phi) is 50.8. The van der Waals surface area contributed by atoms with Gasteiger partial charge in [-0.3, -0.25) is 14.4 Å². The molecular weight excluding hydrogens is 781 g/mol. The normalized spacial score (nSPS) is 12.1. The summed E-state index contributed by atoms with van der Waals surface area (Å²) in [4.78, 5) is 37.9. The van der Waals surface area contributed by atoms with Gasteiger partial charge in [-0.05, 0) is 70.6 Å². The van der Waals surface area contributed by atoms with Crippen LogP contribution >= 0.6 is 0 Å². The van der Waals surface area contributed by atoms with Crippen molar-refractivity contribution in [3.8, 4) is 0 Å². The van der Waals surface area contributed by atoms with Crippen LogP contribution < -0.4 is 0 Å². The highest BCUT2D eigenvalue weighted by molar-refractivity contribution is 5.71. The van der Waals surface area contributed by atoms with E-state index in [1.807, 2.05) is 0 Å². The van der Waals surface area contributed by atoms with Crippen LogP contribution in [0.4, 0.5) is 0 Å². The molecule has 0 heterocycles. The van der Waals surface area contributed by atoms with Crippen LogP contribution in [0.1, 0.15) is 303 Å². The van der Waals surface area contributed by atoms with Gasteiger partial charge in [0.1, 0.15) is 13.2 Å². The van der Waals surface area contributed by atoms with E-state index < -0.39 is 6.10 Å². The average molecular weight is 887 g/mol. The third kappa shape index (κ3) is 50.7. The molecular formula is C57H106O6. The summed E-state index contributed by atoms with van der Waals surface area (Å²) >= 11 is 0. The van der Waals surface area contributed by atoms with E-state index in [-0.39, 0.29) is 31.1 Å². The predicted molar refractivity (Wildman–Crippen MR) is 270 cm³/mol. The summed E-state index contributed by atoms with van der Waals surface area (Å²) in [7, 11) is 0. The lowest BCUT2D eigenvalue weighted by Gasteiger charge is -2.18. The van der Waals surface area contributed by atoms with E-state index in [0.29, 0.717) is 19.3 Å². The van der Waals surface area contributed by atoms with Gasteiger partial charge in [0.25, 0.3) is 0 Å². The van der Waals surface area contributed by atoms with Crippen molar-refractivity contribution in [2.24, 2.45) is 0 Å². The van der Waals surface area contributed by atoms with E-state index in [1.165, 1.54) is 199 Å². The monoisotopic (exact) mass is 887 g/mol. The summed E-state index contributed by atoms with van der Waals surface area (Å²) in [5, 5.41) is 0.